The van der Waals surface area contributed by atoms with Gasteiger partial charge in [0.25, 0.3) is 0 Å². The molecule has 0 saturated carbocycles. The Labute approximate surface area is 89.4 Å². The average molecular weight is 213 g/mol. The van der Waals surface area contributed by atoms with Crippen LogP contribution in [0.1, 0.15) is 12.5 Å². The van der Waals surface area contributed by atoms with Crippen molar-refractivity contribution in [3.63, 3.8) is 0 Å². The zero-order valence-electron chi connectivity index (χ0n) is 8.26. The fourth-order valence-corrected chi connectivity index (χ4v) is 1.45. The van der Waals surface area contributed by atoms with E-state index in [-0.39, 0.29) is 11.2 Å². The third-order valence-corrected chi connectivity index (χ3v) is 2.96. The van der Waals surface area contributed by atoms with Crippen LogP contribution in [0.15, 0.2) is 36.9 Å². The van der Waals surface area contributed by atoms with E-state index in [1.807, 2.05) is 13.0 Å². The van der Waals surface area contributed by atoms with Crippen LogP contribution < -0.4 is 0 Å². The van der Waals surface area contributed by atoms with Crippen LogP contribution >= 0.6 is 11.6 Å². The first-order valence-corrected chi connectivity index (χ1v) is 5.08. The number of allylic oxidation sites excluding steroid dienone is 1. The van der Waals surface area contributed by atoms with Crippen LogP contribution in [-0.4, -0.2) is 5.88 Å². The van der Waals surface area contributed by atoms with Gasteiger partial charge in [0.15, 0.2) is 0 Å². The molecule has 0 saturated heterocycles. The van der Waals surface area contributed by atoms with Gasteiger partial charge in [0, 0.05) is 11.3 Å². The van der Waals surface area contributed by atoms with E-state index in [0.29, 0.717) is 17.9 Å². The third kappa shape index (κ3) is 2.58. The molecule has 0 aliphatic carbocycles. The van der Waals surface area contributed by atoms with Crippen LogP contribution in [0.3, 0.4) is 0 Å². The van der Waals surface area contributed by atoms with Crippen molar-refractivity contribution in [3.8, 4) is 0 Å². The van der Waals surface area contributed by atoms with Crippen molar-refractivity contribution < 1.29 is 4.39 Å². The molecule has 0 fully saturated rings. The van der Waals surface area contributed by atoms with Crippen molar-refractivity contribution in [2.75, 3.05) is 5.88 Å². The molecule has 1 atom stereocenters. The first kappa shape index (κ1) is 11.3. The zero-order valence-corrected chi connectivity index (χ0v) is 9.02. The summed E-state index contributed by atoms with van der Waals surface area (Å²) in [6.45, 7) is 5.69. The third-order valence-electron chi connectivity index (χ3n) is 2.35. The van der Waals surface area contributed by atoms with Gasteiger partial charge in [0.05, 0.1) is 0 Å². The quantitative estimate of drug-likeness (QED) is 0.526. The van der Waals surface area contributed by atoms with Gasteiger partial charge in [0.2, 0.25) is 0 Å². The minimum Gasteiger partial charge on any atom is -0.207 e. The van der Waals surface area contributed by atoms with Crippen molar-refractivity contribution in [3.05, 3.63) is 48.3 Å². The topological polar surface area (TPSA) is 0 Å². The average Bonchev–Trinajstić information content (AvgIpc) is 2.21. The van der Waals surface area contributed by atoms with Gasteiger partial charge < -0.3 is 0 Å². The number of rotatable bonds is 4. The highest BCUT2D eigenvalue weighted by atomic mass is 35.5. The van der Waals surface area contributed by atoms with Gasteiger partial charge in [-0.15, -0.1) is 18.2 Å². The van der Waals surface area contributed by atoms with E-state index < -0.39 is 0 Å². The van der Waals surface area contributed by atoms with Gasteiger partial charge in [0.1, 0.15) is 5.82 Å². The molecule has 1 aromatic carbocycles. The fraction of sp³-hybridized carbons (Fsp3) is 0.333. The number of halogens is 2. The summed E-state index contributed by atoms with van der Waals surface area (Å²) in [5, 5.41) is 0. The first-order valence-electron chi connectivity index (χ1n) is 4.54. The second kappa shape index (κ2) is 4.61. The highest BCUT2D eigenvalue weighted by Gasteiger charge is 2.20. The molecule has 76 valence electrons. The van der Waals surface area contributed by atoms with Crippen LogP contribution in [0.25, 0.3) is 0 Å². The van der Waals surface area contributed by atoms with Gasteiger partial charge in [-0.1, -0.05) is 31.2 Å². The number of hydrogen-bond donors (Lipinski definition) is 0. The SMILES string of the molecule is C=CC(C)(CCl)Cc1ccccc1F. The highest BCUT2D eigenvalue weighted by molar-refractivity contribution is 6.18. The smallest absolute Gasteiger partial charge is 0.126 e. The molecule has 2 heteroatoms. The van der Waals surface area contributed by atoms with Crippen LogP contribution in [0.2, 0.25) is 0 Å². The lowest BCUT2D eigenvalue weighted by molar-refractivity contribution is 0.470. The lowest BCUT2D eigenvalue weighted by Crippen LogP contribution is -2.19. The van der Waals surface area contributed by atoms with Crippen molar-refractivity contribution in [1.82, 2.24) is 0 Å². The first-order chi connectivity index (χ1) is 6.61. The summed E-state index contributed by atoms with van der Waals surface area (Å²) >= 11 is 5.82. The standard InChI is InChI=1S/C12H14ClF/c1-3-12(2,9-13)8-10-6-4-5-7-11(10)14/h3-7H,1,8-9H2,2H3. The molecule has 1 aromatic rings. The molecule has 0 bridgehead atoms. The van der Waals surface area contributed by atoms with Crippen molar-refractivity contribution in [2.24, 2.45) is 5.41 Å². The van der Waals surface area contributed by atoms with E-state index in [2.05, 4.69) is 6.58 Å². The maximum absolute atomic E-state index is 13.3. The molecule has 0 aliphatic heterocycles. The maximum atomic E-state index is 13.3. The molecule has 0 aliphatic rings. The number of hydrogen-bond acceptors (Lipinski definition) is 0. The Morgan fingerprint density at radius 3 is 2.64 bits per heavy atom. The van der Waals surface area contributed by atoms with Gasteiger partial charge in [-0.25, -0.2) is 4.39 Å². The van der Waals surface area contributed by atoms with E-state index >= 15 is 0 Å². The number of benzene rings is 1. The second-order valence-corrected chi connectivity index (χ2v) is 4.03. The van der Waals surface area contributed by atoms with Gasteiger partial charge in [-0.2, -0.15) is 0 Å². The Hall–Kier alpha value is -0.820. The molecular weight excluding hydrogens is 199 g/mol. The predicted molar refractivity (Wildman–Crippen MR) is 59.1 cm³/mol. The lowest BCUT2D eigenvalue weighted by atomic mass is 9.85. The lowest BCUT2D eigenvalue weighted by Gasteiger charge is -2.22. The van der Waals surface area contributed by atoms with Gasteiger partial charge in [-0.05, 0) is 18.1 Å². The molecule has 1 unspecified atom stereocenters. The van der Waals surface area contributed by atoms with Crippen molar-refractivity contribution in [1.29, 1.82) is 0 Å². The highest BCUT2D eigenvalue weighted by Crippen LogP contribution is 2.26. The van der Waals surface area contributed by atoms with Crippen molar-refractivity contribution in [2.45, 2.75) is 13.3 Å². The van der Waals surface area contributed by atoms with Crippen molar-refractivity contribution >= 4 is 11.6 Å². The minimum atomic E-state index is -0.232. The molecular formula is C12H14ClF. The van der Waals surface area contributed by atoms with Gasteiger partial charge >= 0.3 is 0 Å². The van der Waals surface area contributed by atoms with Gasteiger partial charge in [-0.3, -0.25) is 0 Å². The Kier molecular flexibility index (Phi) is 3.70. The van der Waals surface area contributed by atoms with E-state index in [1.165, 1.54) is 6.07 Å². The van der Waals surface area contributed by atoms with Crippen LogP contribution in [0.5, 0.6) is 0 Å². The summed E-state index contributed by atoms with van der Waals surface area (Å²) < 4.78 is 13.3. The fourth-order valence-electron chi connectivity index (χ4n) is 1.25. The predicted octanol–water partition coefficient (Wildman–Crippen LogP) is 3.80. The Morgan fingerprint density at radius 2 is 2.14 bits per heavy atom. The molecule has 14 heavy (non-hydrogen) atoms. The summed E-state index contributed by atoms with van der Waals surface area (Å²) in [6.07, 6.45) is 2.37. The van der Waals surface area contributed by atoms with Crippen LogP contribution in [0.4, 0.5) is 4.39 Å². The summed E-state index contributed by atoms with van der Waals surface area (Å²) in [7, 11) is 0. The molecule has 0 N–H and O–H groups in total. The molecule has 1 rings (SSSR count). The summed E-state index contributed by atoms with van der Waals surface area (Å²) in [5.74, 6) is 0.274. The normalized spacial score (nSPS) is 14.8. The monoisotopic (exact) mass is 212 g/mol. The molecule has 0 nitrogen and oxygen atoms in total. The minimum absolute atomic E-state index is 0.175. The molecule has 0 spiro atoms. The molecule has 0 aromatic heterocycles. The van der Waals surface area contributed by atoms with E-state index in [0.717, 1.165) is 0 Å². The maximum Gasteiger partial charge on any atom is 0.126 e. The number of alkyl halides is 1. The second-order valence-electron chi connectivity index (χ2n) is 3.76. The molecule has 0 amide bonds. The molecule has 0 radical (unpaired) electrons. The summed E-state index contributed by atoms with van der Waals surface area (Å²) in [5.41, 5.74) is 0.458. The molecule has 0 heterocycles. The van der Waals surface area contributed by atoms with E-state index in [4.69, 9.17) is 11.6 Å². The Bertz CT molecular complexity index is 322. The summed E-state index contributed by atoms with van der Waals surface area (Å²) in [4.78, 5) is 0. The van der Waals surface area contributed by atoms with Crippen LogP contribution in [0, 0.1) is 11.2 Å². The zero-order chi connectivity index (χ0) is 10.6. The largest absolute Gasteiger partial charge is 0.207 e. The van der Waals surface area contributed by atoms with E-state index in [9.17, 15) is 4.39 Å². The Balaban J connectivity index is 2.87. The van der Waals surface area contributed by atoms with E-state index in [1.54, 1.807) is 18.2 Å². The summed E-state index contributed by atoms with van der Waals surface area (Å²) in [6, 6.07) is 6.76. The van der Waals surface area contributed by atoms with Crippen LogP contribution in [-0.2, 0) is 6.42 Å². The Morgan fingerprint density at radius 1 is 1.50 bits per heavy atom.